The average molecular weight is 371 g/mol. The molecule has 2 aliphatic rings. The van der Waals surface area contributed by atoms with Gasteiger partial charge in [0, 0.05) is 42.5 Å². The summed E-state index contributed by atoms with van der Waals surface area (Å²) in [6.07, 6.45) is 1.27. The van der Waals surface area contributed by atoms with Crippen molar-refractivity contribution in [3.8, 4) is 0 Å². The van der Waals surface area contributed by atoms with Crippen LogP contribution in [0.4, 0.5) is 8.78 Å². The number of amides is 3. The van der Waals surface area contributed by atoms with Crippen molar-refractivity contribution in [2.45, 2.75) is 64.8 Å². The Bertz CT molecular complexity index is 616. The second-order valence-electron chi connectivity index (χ2n) is 8.17. The minimum Gasteiger partial charge on any atom is -0.401 e. The second-order valence-corrected chi connectivity index (χ2v) is 8.17. The lowest BCUT2D eigenvalue weighted by Crippen LogP contribution is -2.60. The molecular weight excluding hydrogens is 344 g/mol. The van der Waals surface area contributed by atoms with E-state index in [2.05, 4.69) is 5.32 Å². The van der Waals surface area contributed by atoms with Gasteiger partial charge in [-0.3, -0.25) is 19.7 Å². The number of hydrogen-bond donors (Lipinski definition) is 2. The molecule has 146 valence electrons. The maximum atomic E-state index is 13.2. The number of alkyl halides is 2. The number of rotatable bonds is 3. The molecule has 0 aromatic rings. The van der Waals surface area contributed by atoms with E-state index in [1.807, 2.05) is 20.8 Å². The molecular formula is C18H27F2N3O3. The molecule has 1 aliphatic carbocycles. The van der Waals surface area contributed by atoms with Crippen molar-refractivity contribution in [3.05, 3.63) is 11.8 Å². The van der Waals surface area contributed by atoms with Crippen LogP contribution in [-0.2, 0) is 14.4 Å². The maximum Gasteiger partial charge on any atom is 0.252 e. The van der Waals surface area contributed by atoms with E-state index in [0.29, 0.717) is 18.7 Å². The van der Waals surface area contributed by atoms with E-state index in [1.54, 1.807) is 0 Å². The van der Waals surface area contributed by atoms with Gasteiger partial charge in [0.25, 0.3) is 5.91 Å². The quantitative estimate of drug-likeness (QED) is 0.742. The molecule has 3 amide bonds. The maximum absolute atomic E-state index is 13.2. The lowest BCUT2D eigenvalue weighted by Gasteiger charge is -2.42. The number of imide groups is 1. The Kier molecular flexibility index (Phi) is 5.73. The van der Waals surface area contributed by atoms with Crippen LogP contribution in [0.15, 0.2) is 11.8 Å². The Labute approximate surface area is 152 Å². The van der Waals surface area contributed by atoms with Gasteiger partial charge in [0.2, 0.25) is 17.7 Å². The number of carbonyl (C=O) groups is 3. The molecule has 1 saturated heterocycles. The van der Waals surface area contributed by atoms with E-state index in [1.165, 1.54) is 11.0 Å². The van der Waals surface area contributed by atoms with Crippen molar-refractivity contribution in [2.75, 3.05) is 6.54 Å². The fourth-order valence-electron chi connectivity index (χ4n) is 3.04. The van der Waals surface area contributed by atoms with Gasteiger partial charge in [0.05, 0.1) is 0 Å². The van der Waals surface area contributed by atoms with Crippen LogP contribution in [0.3, 0.4) is 0 Å². The third kappa shape index (κ3) is 4.80. The summed E-state index contributed by atoms with van der Waals surface area (Å²) < 4.78 is 26.5. The van der Waals surface area contributed by atoms with E-state index < -0.39 is 35.1 Å². The predicted octanol–water partition coefficient (Wildman–Crippen LogP) is 1.94. The van der Waals surface area contributed by atoms with Crippen molar-refractivity contribution < 1.29 is 23.2 Å². The molecule has 0 bridgehead atoms. The summed E-state index contributed by atoms with van der Waals surface area (Å²) in [7, 11) is 0. The van der Waals surface area contributed by atoms with Gasteiger partial charge in [-0.25, -0.2) is 8.78 Å². The molecule has 6 nitrogen and oxygen atoms in total. The monoisotopic (exact) mass is 371 g/mol. The Morgan fingerprint density at radius 1 is 1.15 bits per heavy atom. The lowest BCUT2D eigenvalue weighted by molar-refractivity contribution is -0.154. The van der Waals surface area contributed by atoms with Crippen molar-refractivity contribution in [1.82, 2.24) is 10.2 Å². The molecule has 0 radical (unpaired) electrons. The first-order valence-corrected chi connectivity index (χ1v) is 8.91. The van der Waals surface area contributed by atoms with Gasteiger partial charge >= 0.3 is 0 Å². The molecule has 2 rings (SSSR count). The zero-order chi connectivity index (χ0) is 19.7. The SMILES string of the molecule is CC(C)(C)C(N)=CC(=O)NC(=O)[C@@H]1CCN1C(=O)C1CCC(F)(F)CC1. The summed E-state index contributed by atoms with van der Waals surface area (Å²) in [6, 6.07) is -0.724. The lowest BCUT2D eigenvalue weighted by atomic mass is 9.84. The number of halogens is 2. The molecule has 1 aliphatic heterocycles. The highest BCUT2D eigenvalue weighted by Gasteiger charge is 2.44. The van der Waals surface area contributed by atoms with Gasteiger partial charge in [-0.2, -0.15) is 0 Å². The Morgan fingerprint density at radius 2 is 1.73 bits per heavy atom. The molecule has 8 heteroatoms. The Hall–Kier alpha value is -1.99. The number of likely N-dealkylation sites (tertiary alicyclic amines) is 1. The zero-order valence-corrected chi connectivity index (χ0v) is 15.5. The van der Waals surface area contributed by atoms with Gasteiger partial charge in [-0.05, 0) is 19.3 Å². The van der Waals surface area contributed by atoms with Crippen LogP contribution in [0.2, 0.25) is 0 Å². The van der Waals surface area contributed by atoms with E-state index in [0.717, 1.165) is 0 Å². The molecule has 0 aromatic heterocycles. The van der Waals surface area contributed by atoms with Crippen molar-refractivity contribution in [2.24, 2.45) is 17.1 Å². The number of nitrogens with zero attached hydrogens (tertiary/aromatic N) is 1. The van der Waals surface area contributed by atoms with Crippen LogP contribution in [0, 0.1) is 11.3 Å². The summed E-state index contributed by atoms with van der Waals surface area (Å²) in [5, 5.41) is 2.24. The highest BCUT2D eigenvalue weighted by Crippen LogP contribution is 2.37. The Morgan fingerprint density at radius 3 is 2.19 bits per heavy atom. The van der Waals surface area contributed by atoms with Gasteiger partial charge in [-0.15, -0.1) is 0 Å². The predicted molar refractivity (Wildman–Crippen MR) is 91.9 cm³/mol. The highest BCUT2D eigenvalue weighted by molar-refractivity contribution is 6.04. The first-order chi connectivity index (χ1) is 11.9. The van der Waals surface area contributed by atoms with E-state index in [-0.39, 0.29) is 31.6 Å². The molecule has 0 unspecified atom stereocenters. The number of hydrogen-bond acceptors (Lipinski definition) is 4. The first kappa shape index (κ1) is 20.3. The molecule has 0 spiro atoms. The largest absolute Gasteiger partial charge is 0.401 e. The fraction of sp³-hybridized carbons (Fsp3) is 0.722. The van der Waals surface area contributed by atoms with Crippen LogP contribution >= 0.6 is 0 Å². The van der Waals surface area contributed by atoms with Gasteiger partial charge in [0.15, 0.2) is 0 Å². The molecule has 1 atom stereocenters. The summed E-state index contributed by atoms with van der Waals surface area (Å²) >= 11 is 0. The first-order valence-electron chi connectivity index (χ1n) is 8.91. The summed E-state index contributed by atoms with van der Waals surface area (Å²) in [5.41, 5.74) is 5.75. The zero-order valence-electron chi connectivity index (χ0n) is 15.5. The van der Waals surface area contributed by atoms with Crippen LogP contribution in [0.1, 0.15) is 52.9 Å². The van der Waals surface area contributed by atoms with E-state index in [4.69, 9.17) is 5.73 Å². The highest BCUT2D eigenvalue weighted by atomic mass is 19.3. The molecule has 2 fully saturated rings. The number of allylic oxidation sites excluding steroid dienone is 1. The summed E-state index contributed by atoms with van der Waals surface area (Å²) in [5.74, 6) is -4.64. The van der Waals surface area contributed by atoms with Crippen molar-refractivity contribution in [1.29, 1.82) is 0 Å². The molecule has 1 saturated carbocycles. The standard InChI is InChI=1S/C18H27F2N3O3/c1-17(2,3)13(21)10-14(24)22-15(25)12-6-9-23(12)16(26)11-4-7-18(19,20)8-5-11/h10-12H,4-9,21H2,1-3H3,(H,22,24,25)/t12-/m0/s1. The van der Waals surface area contributed by atoms with Crippen molar-refractivity contribution >= 4 is 17.7 Å². The topological polar surface area (TPSA) is 92.5 Å². The number of nitrogens with two attached hydrogens (primary N) is 1. The minimum absolute atomic E-state index is 0.125. The second kappa shape index (κ2) is 7.32. The number of carbonyl (C=O) groups excluding carboxylic acids is 3. The summed E-state index contributed by atoms with van der Waals surface area (Å²) in [4.78, 5) is 38.0. The van der Waals surface area contributed by atoms with E-state index in [9.17, 15) is 23.2 Å². The molecule has 26 heavy (non-hydrogen) atoms. The van der Waals surface area contributed by atoms with Gasteiger partial charge in [0.1, 0.15) is 6.04 Å². The van der Waals surface area contributed by atoms with Crippen LogP contribution < -0.4 is 11.1 Å². The number of nitrogens with one attached hydrogen (secondary N) is 1. The molecule has 0 aromatic carbocycles. The Balaban J connectivity index is 1.90. The third-order valence-electron chi connectivity index (χ3n) is 5.07. The minimum atomic E-state index is -2.70. The van der Waals surface area contributed by atoms with E-state index >= 15 is 0 Å². The smallest absolute Gasteiger partial charge is 0.252 e. The molecule has 3 N–H and O–H groups in total. The van der Waals surface area contributed by atoms with Gasteiger partial charge in [-0.1, -0.05) is 20.8 Å². The van der Waals surface area contributed by atoms with Crippen molar-refractivity contribution in [3.63, 3.8) is 0 Å². The van der Waals surface area contributed by atoms with Crippen LogP contribution in [0.25, 0.3) is 0 Å². The van der Waals surface area contributed by atoms with Crippen LogP contribution in [-0.4, -0.2) is 41.1 Å². The summed E-state index contributed by atoms with van der Waals surface area (Å²) in [6.45, 7) is 5.92. The average Bonchev–Trinajstić information content (AvgIpc) is 2.44. The van der Waals surface area contributed by atoms with Crippen LogP contribution in [0.5, 0.6) is 0 Å². The molecule has 1 heterocycles. The third-order valence-corrected chi connectivity index (χ3v) is 5.07. The fourth-order valence-corrected chi connectivity index (χ4v) is 3.04. The normalized spacial score (nSPS) is 24.0. The van der Waals surface area contributed by atoms with Gasteiger partial charge < -0.3 is 10.6 Å².